The van der Waals surface area contributed by atoms with Crippen molar-refractivity contribution in [3.63, 3.8) is 0 Å². The third kappa shape index (κ3) is 3.07. The van der Waals surface area contributed by atoms with Gasteiger partial charge in [0.15, 0.2) is 11.6 Å². The quantitative estimate of drug-likeness (QED) is 0.919. The Morgan fingerprint density at radius 2 is 2.11 bits per heavy atom. The summed E-state index contributed by atoms with van der Waals surface area (Å²) in [6.07, 6.45) is 1.53. The summed E-state index contributed by atoms with van der Waals surface area (Å²) in [6.45, 7) is 2.28. The summed E-state index contributed by atoms with van der Waals surface area (Å²) in [6, 6.07) is 9.15. The van der Waals surface area contributed by atoms with Crippen molar-refractivity contribution in [3.05, 3.63) is 54.0 Å². The summed E-state index contributed by atoms with van der Waals surface area (Å²) in [5.41, 5.74) is -0.0319. The summed E-state index contributed by atoms with van der Waals surface area (Å²) >= 11 is 0. The normalized spacial score (nSPS) is 10.0. The van der Waals surface area contributed by atoms with Crippen LogP contribution >= 0.6 is 0 Å². The lowest BCUT2D eigenvalue weighted by atomic mass is 10.2. The van der Waals surface area contributed by atoms with Crippen molar-refractivity contribution in [2.45, 2.75) is 6.92 Å². The summed E-state index contributed by atoms with van der Waals surface area (Å²) < 4.78 is 18.8. The van der Waals surface area contributed by atoms with Crippen molar-refractivity contribution in [2.75, 3.05) is 11.9 Å². The number of nitrogens with zero attached hydrogens (tertiary/aromatic N) is 1. The van der Waals surface area contributed by atoms with E-state index in [2.05, 4.69) is 10.3 Å². The van der Waals surface area contributed by atoms with Gasteiger partial charge in [0.2, 0.25) is 0 Å². The SMILES string of the molecule is CCOc1cccnc1NC(=O)c1ccccc1F. The molecule has 98 valence electrons. The molecule has 1 aromatic heterocycles. The highest BCUT2D eigenvalue weighted by Gasteiger charge is 2.13. The average Bonchev–Trinajstić information content (AvgIpc) is 2.41. The fraction of sp³-hybridized carbons (Fsp3) is 0.143. The van der Waals surface area contributed by atoms with Gasteiger partial charge in [-0.15, -0.1) is 0 Å². The second kappa shape index (κ2) is 5.95. The van der Waals surface area contributed by atoms with Crippen LogP contribution in [0.2, 0.25) is 0 Å². The number of anilines is 1. The zero-order valence-corrected chi connectivity index (χ0v) is 10.4. The molecule has 0 saturated carbocycles. The predicted octanol–water partition coefficient (Wildman–Crippen LogP) is 2.87. The van der Waals surface area contributed by atoms with Crippen molar-refractivity contribution in [1.82, 2.24) is 4.98 Å². The molecule has 0 bridgehead atoms. The van der Waals surface area contributed by atoms with Crippen LogP contribution in [0.4, 0.5) is 10.2 Å². The Kier molecular flexibility index (Phi) is 4.07. The zero-order valence-electron chi connectivity index (χ0n) is 10.4. The number of aromatic nitrogens is 1. The van der Waals surface area contributed by atoms with E-state index in [1.54, 1.807) is 18.2 Å². The fourth-order valence-corrected chi connectivity index (χ4v) is 1.58. The maximum Gasteiger partial charge on any atom is 0.259 e. The largest absolute Gasteiger partial charge is 0.490 e. The third-order valence-electron chi connectivity index (χ3n) is 2.42. The minimum absolute atomic E-state index is 0.0319. The van der Waals surface area contributed by atoms with Crippen LogP contribution in [0.3, 0.4) is 0 Å². The van der Waals surface area contributed by atoms with Crippen molar-refractivity contribution in [2.24, 2.45) is 0 Å². The number of amides is 1. The Labute approximate surface area is 110 Å². The minimum atomic E-state index is -0.575. The molecule has 0 aliphatic rings. The molecule has 0 saturated heterocycles. The van der Waals surface area contributed by atoms with Crippen LogP contribution in [-0.2, 0) is 0 Å². The molecule has 0 spiro atoms. The van der Waals surface area contributed by atoms with Crippen LogP contribution in [0.1, 0.15) is 17.3 Å². The number of hydrogen-bond acceptors (Lipinski definition) is 3. The van der Waals surface area contributed by atoms with Gasteiger partial charge in [-0.2, -0.15) is 0 Å². The Morgan fingerprint density at radius 3 is 2.84 bits per heavy atom. The number of carbonyl (C=O) groups excluding carboxylic acids is 1. The highest BCUT2D eigenvalue weighted by molar-refractivity contribution is 6.04. The summed E-state index contributed by atoms with van der Waals surface area (Å²) in [5.74, 6) is -0.404. The van der Waals surface area contributed by atoms with Gasteiger partial charge in [0.25, 0.3) is 5.91 Å². The van der Waals surface area contributed by atoms with Crippen LogP contribution in [0, 0.1) is 5.82 Å². The number of hydrogen-bond donors (Lipinski definition) is 1. The highest BCUT2D eigenvalue weighted by atomic mass is 19.1. The van der Waals surface area contributed by atoms with E-state index in [9.17, 15) is 9.18 Å². The van der Waals surface area contributed by atoms with E-state index in [0.29, 0.717) is 12.4 Å². The van der Waals surface area contributed by atoms with Crippen LogP contribution in [0.15, 0.2) is 42.6 Å². The molecule has 0 unspecified atom stereocenters. The molecule has 5 heteroatoms. The van der Waals surface area contributed by atoms with Gasteiger partial charge in [0, 0.05) is 6.20 Å². The number of nitrogens with one attached hydrogen (secondary N) is 1. The standard InChI is InChI=1S/C14H13FN2O2/c1-2-19-12-8-5-9-16-13(12)17-14(18)10-6-3-4-7-11(10)15/h3-9H,2H2,1H3,(H,16,17,18). The molecule has 1 N–H and O–H groups in total. The van der Waals surface area contributed by atoms with Crippen LogP contribution < -0.4 is 10.1 Å². The third-order valence-corrected chi connectivity index (χ3v) is 2.42. The lowest BCUT2D eigenvalue weighted by Gasteiger charge is -2.10. The molecule has 2 rings (SSSR count). The Bertz CT molecular complexity index is 587. The lowest BCUT2D eigenvalue weighted by molar-refractivity contribution is 0.102. The van der Waals surface area contributed by atoms with Gasteiger partial charge in [0.1, 0.15) is 5.82 Å². The minimum Gasteiger partial charge on any atom is -0.490 e. The molecule has 0 fully saturated rings. The number of carbonyl (C=O) groups is 1. The van der Waals surface area contributed by atoms with Crippen molar-refractivity contribution in [1.29, 1.82) is 0 Å². The van der Waals surface area contributed by atoms with Crippen molar-refractivity contribution >= 4 is 11.7 Å². The molecule has 2 aromatic rings. The van der Waals surface area contributed by atoms with Gasteiger partial charge >= 0.3 is 0 Å². The van der Waals surface area contributed by atoms with E-state index >= 15 is 0 Å². The van der Waals surface area contributed by atoms with Gasteiger partial charge in [-0.3, -0.25) is 4.79 Å². The second-order valence-corrected chi connectivity index (χ2v) is 3.72. The molecule has 1 heterocycles. The van der Waals surface area contributed by atoms with E-state index < -0.39 is 11.7 Å². The topological polar surface area (TPSA) is 51.2 Å². The lowest BCUT2D eigenvalue weighted by Crippen LogP contribution is -2.15. The van der Waals surface area contributed by atoms with E-state index in [-0.39, 0.29) is 11.4 Å². The molecule has 0 aliphatic carbocycles. The highest BCUT2D eigenvalue weighted by Crippen LogP contribution is 2.21. The number of benzene rings is 1. The van der Waals surface area contributed by atoms with Crippen molar-refractivity contribution < 1.29 is 13.9 Å². The monoisotopic (exact) mass is 260 g/mol. The summed E-state index contributed by atoms with van der Waals surface area (Å²) in [4.78, 5) is 16.0. The first-order valence-electron chi connectivity index (χ1n) is 5.86. The van der Waals surface area contributed by atoms with E-state index in [1.165, 1.54) is 24.4 Å². The second-order valence-electron chi connectivity index (χ2n) is 3.72. The molecule has 4 nitrogen and oxygen atoms in total. The molecular formula is C14H13FN2O2. The summed E-state index contributed by atoms with van der Waals surface area (Å²) in [5, 5.41) is 2.54. The Balaban J connectivity index is 2.22. The number of halogens is 1. The van der Waals surface area contributed by atoms with Gasteiger partial charge in [-0.1, -0.05) is 12.1 Å². The molecule has 0 atom stereocenters. The molecule has 1 aromatic carbocycles. The van der Waals surface area contributed by atoms with Crippen LogP contribution in [-0.4, -0.2) is 17.5 Å². The van der Waals surface area contributed by atoms with Gasteiger partial charge in [0.05, 0.1) is 12.2 Å². The van der Waals surface area contributed by atoms with Crippen molar-refractivity contribution in [3.8, 4) is 5.75 Å². The maximum absolute atomic E-state index is 13.5. The first-order valence-corrected chi connectivity index (χ1v) is 5.86. The Morgan fingerprint density at radius 1 is 1.32 bits per heavy atom. The summed E-state index contributed by atoms with van der Waals surface area (Å²) in [7, 11) is 0. The van der Waals surface area contributed by atoms with E-state index in [1.807, 2.05) is 6.92 Å². The number of pyridine rings is 1. The van der Waals surface area contributed by atoms with Crippen LogP contribution in [0.25, 0.3) is 0 Å². The van der Waals surface area contributed by atoms with E-state index in [0.717, 1.165) is 0 Å². The molecule has 19 heavy (non-hydrogen) atoms. The van der Waals surface area contributed by atoms with Gasteiger partial charge in [-0.25, -0.2) is 9.37 Å². The zero-order chi connectivity index (χ0) is 13.7. The molecule has 0 aliphatic heterocycles. The van der Waals surface area contributed by atoms with Gasteiger partial charge in [-0.05, 0) is 31.2 Å². The van der Waals surface area contributed by atoms with Gasteiger partial charge < -0.3 is 10.1 Å². The first kappa shape index (κ1) is 13.0. The number of rotatable bonds is 4. The molecular weight excluding hydrogens is 247 g/mol. The predicted molar refractivity (Wildman–Crippen MR) is 69.8 cm³/mol. The van der Waals surface area contributed by atoms with E-state index in [4.69, 9.17) is 4.74 Å². The first-order chi connectivity index (χ1) is 9.22. The Hall–Kier alpha value is -2.43. The smallest absolute Gasteiger partial charge is 0.259 e. The maximum atomic E-state index is 13.5. The molecule has 0 radical (unpaired) electrons. The fourth-order valence-electron chi connectivity index (χ4n) is 1.58. The average molecular weight is 260 g/mol. The molecule has 1 amide bonds. The van der Waals surface area contributed by atoms with Crippen LogP contribution in [0.5, 0.6) is 5.75 Å². The number of ether oxygens (including phenoxy) is 1.